The molecule has 1 atom stereocenters. The van der Waals surface area contributed by atoms with Gasteiger partial charge in [0.2, 0.25) is 0 Å². The van der Waals surface area contributed by atoms with Gasteiger partial charge in [0, 0.05) is 6.20 Å². The first-order chi connectivity index (χ1) is 10.7. The molecule has 0 bridgehead atoms. The summed E-state index contributed by atoms with van der Waals surface area (Å²) in [4.78, 5) is 16.2. The van der Waals surface area contributed by atoms with Gasteiger partial charge in [0.1, 0.15) is 11.6 Å². The number of hydrogen-bond acceptors (Lipinski definition) is 3. The Hall–Kier alpha value is -2.88. The highest BCUT2D eigenvalue weighted by Gasteiger charge is 2.15. The highest BCUT2D eigenvalue weighted by Crippen LogP contribution is 2.21. The summed E-state index contributed by atoms with van der Waals surface area (Å²) < 4.78 is 5.72. The lowest BCUT2D eigenvalue weighted by Crippen LogP contribution is -2.30. The smallest absolute Gasteiger partial charge is 0.266 e. The number of aromatic nitrogens is 1. The Bertz CT molecular complexity index is 787. The summed E-state index contributed by atoms with van der Waals surface area (Å²) in [6.45, 7) is 1.72. The van der Waals surface area contributed by atoms with E-state index in [2.05, 4.69) is 10.3 Å². The second-order valence-electron chi connectivity index (χ2n) is 4.97. The molecule has 0 spiro atoms. The Morgan fingerprint density at radius 3 is 2.59 bits per heavy atom. The fourth-order valence-electron chi connectivity index (χ4n) is 2.16. The molecular formula is C18H16N2O2. The van der Waals surface area contributed by atoms with Crippen LogP contribution in [0.3, 0.4) is 0 Å². The summed E-state index contributed by atoms with van der Waals surface area (Å²) >= 11 is 0. The highest BCUT2D eigenvalue weighted by molar-refractivity contribution is 5.93. The molecule has 0 aliphatic rings. The Morgan fingerprint density at radius 1 is 1.05 bits per heavy atom. The molecule has 1 unspecified atom stereocenters. The summed E-state index contributed by atoms with van der Waals surface area (Å²) in [6, 6.07) is 19.1. The topological polar surface area (TPSA) is 51.2 Å². The molecule has 0 fully saturated rings. The molecule has 0 saturated carbocycles. The fourth-order valence-corrected chi connectivity index (χ4v) is 2.16. The maximum Gasteiger partial charge on any atom is 0.266 e. The van der Waals surface area contributed by atoms with Crippen molar-refractivity contribution in [1.29, 1.82) is 0 Å². The van der Waals surface area contributed by atoms with Gasteiger partial charge in [-0.15, -0.1) is 0 Å². The third-order valence-corrected chi connectivity index (χ3v) is 3.32. The predicted molar refractivity (Wildman–Crippen MR) is 86.9 cm³/mol. The van der Waals surface area contributed by atoms with Gasteiger partial charge < -0.3 is 10.1 Å². The van der Waals surface area contributed by atoms with Gasteiger partial charge in [-0.25, -0.2) is 4.98 Å². The van der Waals surface area contributed by atoms with Crippen molar-refractivity contribution in [3.8, 4) is 5.75 Å². The van der Waals surface area contributed by atoms with Crippen molar-refractivity contribution in [2.24, 2.45) is 0 Å². The van der Waals surface area contributed by atoms with E-state index in [1.807, 2.05) is 48.5 Å². The number of nitrogens with zero attached hydrogens (tertiary/aromatic N) is 1. The monoisotopic (exact) mass is 292 g/mol. The standard InChI is InChI=1S/C18H16N2O2/c1-13(18(21)20-17-8-4-5-11-19-17)22-16-10-9-14-6-2-3-7-15(14)12-16/h2-13H,1H3,(H,19,20,21). The average Bonchev–Trinajstić information content (AvgIpc) is 2.55. The third-order valence-electron chi connectivity index (χ3n) is 3.32. The minimum atomic E-state index is -0.608. The molecule has 0 aliphatic carbocycles. The molecule has 3 rings (SSSR count). The fraction of sp³-hybridized carbons (Fsp3) is 0.111. The highest BCUT2D eigenvalue weighted by atomic mass is 16.5. The van der Waals surface area contributed by atoms with Crippen LogP contribution in [0.4, 0.5) is 5.82 Å². The number of fused-ring (bicyclic) bond motifs is 1. The third kappa shape index (κ3) is 3.23. The van der Waals surface area contributed by atoms with Crippen molar-refractivity contribution in [2.75, 3.05) is 5.32 Å². The van der Waals surface area contributed by atoms with Crippen LogP contribution in [0, 0.1) is 0 Å². The Morgan fingerprint density at radius 2 is 1.82 bits per heavy atom. The van der Waals surface area contributed by atoms with Crippen molar-refractivity contribution in [1.82, 2.24) is 4.98 Å². The lowest BCUT2D eigenvalue weighted by Gasteiger charge is -2.14. The molecule has 110 valence electrons. The zero-order chi connectivity index (χ0) is 15.4. The van der Waals surface area contributed by atoms with Gasteiger partial charge in [0.05, 0.1) is 0 Å². The van der Waals surface area contributed by atoms with E-state index in [9.17, 15) is 4.79 Å². The molecule has 0 saturated heterocycles. The van der Waals surface area contributed by atoms with Crippen molar-refractivity contribution < 1.29 is 9.53 Å². The van der Waals surface area contributed by atoms with Crippen LogP contribution in [-0.2, 0) is 4.79 Å². The number of ether oxygens (including phenoxy) is 1. The van der Waals surface area contributed by atoms with Gasteiger partial charge in [-0.1, -0.05) is 36.4 Å². The van der Waals surface area contributed by atoms with E-state index >= 15 is 0 Å². The number of anilines is 1. The van der Waals surface area contributed by atoms with Gasteiger partial charge in [-0.2, -0.15) is 0 Å². The van der Waals surface area contributed by atoms with Crippen LogP contribution >= 0.6 is 0 Å². The zero-order valence-corrected chi connectivity index (χ0v) is 12.2. The number of amides is 1. The molecule has 3 aromatic rings. The van der Waals surface area contributed by atoms with Crippen LogP contribution in [0.1, 0.15) is 6.92 Å². The maximum absolute atomic E-state index is 12.1. The second-order valence-corrected chi connectivity index (χ2v) is 4.97. The molecule has 4 heteroatoms. The number of rotatable bonds is 4. The van der Waals surface area contributed by atoms with Gasteiger partial charge in [-0.05, 0) is 42.0 Å². The largest absolute Gasteiger partial charge is 0.481 e. The summed E-state index contributed by atoms with van der Waals surface area (Å²) in [5.74, 6) is 0.954. The Kier molecular flexibility index (Phi) is 4.01. The molecule has 1 aromatic heterocycles. The predicted octanol–water partition coefficient (Wildman–Crippen LogP) is 3.64. The summed E-state index contributed by atoms with van der Waals surface area (Å²) in [6.07, 6.45) is 1.02. The van der Waals surface area contributed by atoms with Crippen LogP contribution in [0.5, 0.6) is 5.75 Å². The van der Waals surface area contributed by atoms with Crippen molar-refractivity contribution >= 4 is 22.5 Å². The molecule has 1 heterocycles. The lowest BCUT2D eigenvalue weighted by molar-refractivity contribution is -0.122. The summed E-state index contributed by atoms with van der Waals surface area (Å²) in [7, 11) is 0. The van der Waals surface area contributed by atoms with E-state index in [1.165, 1.54) is 0 Å². The molecule has 1 amide bonds. The first-order valence-corrected chi connectivity index (χ1v) is 7.10. The quantitative estimate of drug-likeness (QED) is 0.798. The molecule has 0 aliphatic heterocycles. The molecular weight excluding hydrogens is 276 g/mol. The van der Waals surface area contributed by atoms with Crippen LogP contribution in [-0.4, -0.2) is 17.0 Å². The molecule has 4 nitrogen and oxygen atoms in total. The minimum Gasteiger partial charge on any atom is -0.481 e. The van der Waals surface area contributed by atoms with Gasteiger partial charge in [0.15, 0.2) is 6.10 Å². The van der Waals surface area contributed by atoms with E-state index in [0.717, 1.165) is 10.8 Å². The van der Waals surface area contributed by atoms with Gasteiger partial charge >= 0.3 is 0 Å². The number of carbonyl (C=O) groups excluding carboxylic acids is 1. The first kappa shape index (κ1) is 14.1. The van der Waals surface area contributed by atoms with Crippen LogP contribution in [0.15, 0.2) is 66.9 Å². The summed E-state index contributed by atoms with van der Waals surface area (Å²) in [5, 5.41) is 4.94. The maximum atomic E-state index is 12.1. The van der Waals surface area contributed by atoms with Crippen molar-refractivity contribution in [3.63, 3.8) is 0 Å². The number of nitrogens with one attached hydrogen (secondary N) is 1. The van der Waals surface area contributed by atoms with E-state index in [-0.39, 0.29) is 5.91 Å². The zero-order valence-electron chi connectivity index (χ0n) is 12.2. The second kappa shape index (κ2) is 6.26. The van der Waals surface area contributed by atoms with E-state index in [4.69, 9.17) is 4.74 Å². The molecule has 0 radical (unpaired) electrons. The van der Waals surface area contributed by atoms with Crippen molar-refractivity contribution in [2.45, 2.75) is 13.0 Å². The molecule has 22 heavy (non-hydrogen) atoms. The van der Waals surface area contributed by atoms with Crippen LogP contribution in [0.25, 0.3) is 10.8 Å². The Labute approximate surface area is 128 Å². The first-order valence-electron chi connectivity index (χ1n) is 7.10. The number of hydrogen-bond donors (Lipinski definition) is 1. The van der Waals surface area contributed by atoms with E-state index < -0.39 is 6.10 Å². The van der Waals surface area contributed by atoms with Crippen LogP contribution in [0.2, 0.25) is 0 Å². The minimum absolute atomic E-state index is 0.230. The number of pyridine rings is 1. The van der Waals surface area contributed by atoms with E-state index in [0.29, 0.717) is 11.6 Å². The van der Waals surface area contributed by atoms with Crippen LogP contribution < -0.4 is 10.1 Å². The van der Waals surface area contributed by atoms with Crippen molar-refractivity contribution in [3.05, 3.63) is 66.9 Å². The van der Waals surface area contributed by atoms with Gasteiger partial charge in [0.25, 0.3) is 5.91 Å². The van der Waals surface area contributed by atoms with Gasteiger partial charge in [-0.3, -0.25) is 4.79 Å². The normalized spacial score (nSPS) is 11.9. The number of benzene rings is 2. The van der Waals surface area contributed by atoms with E-state index in [1.54, 1.807) is 25.3 Å². The summed E-state index contributed by atoms with van der Waals surface area (Å²) in [5.41, 5.74) is 0. The molecule has 1 N–H and O–H groups in total. The Balaban J connectivity index is 1.69. The number of carbonyl (C=O) groups is 1. The SMILES string of the molecule is CC(Oc1ccc2ccccc2c1)C(=O)Nc1ccccn1. The average molecular weight is 292 g/mol. The lowest BCUT2D eigenvalue weighted by atomic mass is 10.1. The molecule has 2 aromatic carbocycles.